The molecule has 36 heavy (non-hydrogen) atoms. The molecule has 1 atom stereocenters. The van der Waals surface area contributed by atoms with Crippen molar-refractivity contribution in [3.63, 3.8) is 0 Å². The van der Waals surface area contributed by atoms with E-state index in [-0.39, 0.29) is 35.7 Å². The van der Waals surface area contributed by atoms with Crippen LogP contribution in [0.15, 0.2) is 54.7 Å². The molecule has 1 aliphatic heterocycles. The summed E-state index contributed by atoms with van der Waals surface area (Å²) in [7, 11) is 0. The maximum absolute atomic E-state index is 14.0. The largest absolute Gasteiger partial charge is 0.417 e. The average Bonchev–Trinajstić information content (AvgIpc) is 2.88. The summed E-state index contributed by atoms with van der Waals surface area (Å²) in [6.45, 7) is 0.591. The first-order chi connectivity index (χ1) is 17.2. The summed E-state index contributed by atoms with van der Waals surface area (Å²) in [4.78, 5) is 27.9. The Kier molecular flexibility index (Phi) is 6.93. The molecule has 2 aromatic carbocycles. The summed E-state index contributed by atoms with van der Waals surface area (Å²) in [5.41, 5.74) is -2.10. The van der Waals surface area contributed by atoms with Crippen LogP contribution in [0.4, 0.5) is 28.9 Å². The van der Waals surface area contributed by atoms with Crippen LogP contribution in [0.1, 0.15) is 32.0 Å². The van der Waals surface area contributed by atoms with Crippen LogP contribution in [0.5, 0.6) is 0 Å². The van der Waals surface area contributed by atoms with Gasteiger partial charge in [0.05, 0.1) is 23.1 Å². The Morgan fingerprint density at radius 1 is 1.14 bits per heavy atom. The molecule has 184 valence electrons. The molecule has 3 aromatic rings. The van der Waals surface area contributed by atoms with Crippen LogP contribution in [0.3, 0.4) is 0 Å². The first kappa shape index (κ1) is 24.7. The van der Waals surface area contributed by atoms with E-state index in [0.717, 1.165) is 18.2 Å². The molecule has 2 heterocycles. The third-order valence-electron chi connectivity index (χ3n) is 5.64. The summed E-state index contributed by atoms with van der Waals surface area (Å²) in [5.74, 6) is -2.44. The maximum Gasteiger partial charge on any atom is 0.417 e. The first-order valence-corrected chi connectivity index (χ1v) is 10.7. The molecule has 0 bridgehead atoms. The number of halogens is 4. The standard InChI is InChI=1S/C24H18F4N6O2/c25-17-6-3-7-18(15(17)12-29)32-23(36)21-19(8-9-31-33-21)34-11-10-30-13-20(34)22(35)14-4-1-2-5-16(14)24(26,27)28/h1-9,20,30H,10-11,13H2,(H,32,36). The van der Waals surface area contributed by atoms with E-state index in [1.807, 2.05) is 0 Å². The van der Waals surface area contributed by atoms with E-state index in [0.29, 0.717) is 6.54 Å². The van der Waals surface area contributed by atoms with Crippen molar-refractivity contribution in [1.29, 1.82) is 5.26 Å². The van der Waals surface area contributed by atoms with Crippen molar-refractivity contribution >= 4 is 23.1 Å². The molecule has 4 rings (SSSR count). The highest BCUT2D eigenvalue weighted by atomic mass is 19.4. The Labute approximate surface area is 202 Å². The van der Waals surface area contributed by atoms with Gasteiger partial charge in [-0.2, -0.15) is 23.5 Å². The Bertz CT molecular complexity index is 1350. The van der Waals surface area contributed by atoms with Crippen molar-refractivity contribution in [2.45, 2.75) is 12.2 Å². The molecular weight excluding hydrogens is 480 g/mol. The minimum atomic E-state index is -4.73. The number of aromatic nitrogens is 2. The summed E-state index contributed by atoms with van der Waals surface area (Å²) >= 11 is 0. The van der Waals surface area contributed by atoms with Gasteiger partial charge in [-0.3, -0.25) is 9.59 Å². The van der Waals surface area contributed by atoms with E-state index in [9.17, 15) is 32.4 Å². The van der Waals surface area contributed by atoms with Crippen molar-refractivity contribution in [3.8, 4) is 6.07 Å². The van der Waals surface area contributed by atoms with Gasteiger partial charge in [-0.25, -0.2) is 4.39 Å². The SMILES string of the molecule is N#Cc1c(F)cccc1NC(=O)c1nnccc1N1CCNCC1C(=O)c1ccccc1C(F)(F)F. The normalized spacial score (nSPS) is 15.8. The number of nitriles is 1. The molecule has 0 saturated carbocycles. The number of rotatable bonds is 5. The number of hydrogen-bond donors (Lipinski definition) is 2. The number of piperazine rings is 1. The number of carbonyl (C=O) groups excluding carboxylic acids is 2. The average molecular weight is 498 g/mol. The number of ketones is 1. The maximum atomic E-state index is 14.0. The third-order valence-corrected chi connectivity index (χ3v) is 5.64. The van der Waals surface area contributed by atoms with Crippen LogP contribution in [-0.4, -0.2) is 47.6 Å². The lowest BCUT2D eigenvalue weighted by molar-refractivity contribution is -0.137. The minimum Gasteiger partial charge on any atom is -0.357 e. The molecule has 1 unspecified atom stereocenters. The first-order valence-electron chi connectivity index (χ1n) is 10.7. The Hall–Kier alpha value is -4.37. The fourth-order valence-electron chi connectivity index (χ4n) is 3.99. The molecule has 1 saturated heterocycles. The van der Waals surface area contributed by atoms with E-state index in [4.69, 9.17) is 0 Å². The molecular formula is C24H18F4N6O2. The van der Waals surface area contributed by atoms with E-state index >= 15 is 0 Å². The fraction of sp³-hybridized carbons (Fsp3) is 0.208. The summed E-state index contributed by atoms with van der Waals surface area (Å²) in [6, 6.07) is 10.2. The molecule has 1 aromatic heterocycles. The molecule has 1 aliphatic rings. The van der Waals surface area contributed by atoms with Crippen LogP contribution < -0.4 is 15.5 Å². The van der Waals surface area contributed by atoms with Gasteiger partial charge in [0, 0.05) is 25.2 Å². The number of alkyl halides is 3. The van der Waals surface area contributed by atoms with Crippen LogP contribution in [0, 0.1) is 17.1 Å². The lowest BCUT2D eigenvalue weighted by Gasteiger charge is -2.37. The van der Waals surface area contributed by atoms with Gasteiger partial charge in [-0.1, -0.05) is 24.3 Å². The van der Waals surface area contributed by atoms with E-state index in [2.05, 4.69) is 20.8 Å². The second kappa shape index (κ2) is 10.1. The molecule has 2 N–H and O–H groups in total. The van der Waals surface area contributed by atoms with Gasteiger partial charge < -0.3 is 15.5 Å². The van der Waals surface area contributed by atoms with Crippen LogP contribution in [-0.2, 0) is 6.18 Å². The van der Waals surface area contributed by atoms with Crippen LogP contribution in [0.25, 0.3) is 0 Å². The third kappa shape index (κ3) is 4.87. The van der Waals surface area contributed by atoms with Gasteiger partial charge in [0.25, 0.3) is 5.91 Å². The van der Waals surface area contributed by atoms with Crippen LogP contribution in [0.2, 0.25) is 0 Å². The quantitative estimate of drug-likeness (QED) is 0.410. The Morgan fingerprint density at radius 2 is 1.92 bits per heavy atom. The number of hydrogen-bond acceptors (Lipinski definition) is 7. The second-order valence-electron chi connectivity index (χ2n) is 7.81. The summed E-state index contributed by atoms with van der Waals surface area (Å²) < 4.78 is 54.6. The van der Waals surface area contributed by atoms with Crippen molar-refractivity contribution in [1.82, 2.24) is 15.5 Å². The molecule has 0 radical (unpaired) electrons. The van der Waals surface area contributed by atoms with Gasteiger partial charge in [-0.05, 0) is 24.3 Å². The Balaban J connectivity index is 1.70. The van der Waals surface area contributed by atoms with Crippen molar-refractivity contribution < 1.29 is 27.2 Å². The van der Waals surface area contributed by atoms with E-state index in [1.54, 1.807) is 6.07 Å². The van der Waals surface area contributed by atoms with Gasteiger partial charge in [-0.15, -0.1) is 5.10 Å². The number of nitrogens with zero attached hydrogens (tertiary/aromatic N) is 4. The number of benzene rings is 2. The smallest absolute Gasteiger partial charge is 0.357 e. The van der Waals surface area contributed by atoms with Gasteiger partial charge >= 0.3 is 6.18 Å². The van der Waals surface area contributed by atoms with Gasteiger partial charge in [0.15, 0.2) is 11.5 Å². The molecule has 8 nitrogen and oxygen atoms in total. The highest BCUT2D eigenvalue weighted by Crippen LogP contribution is 2.33. The predicted molar refractivity (Wildman–Crippen MR) is 121 cm³/mol. The predicted octanol–water partition coefficient (Wildman–Crippen LogP) is 3.42. The lowest BCUT2D eigenvalue weighted by Crippen LogP contribution is -2.55. The highest BCUT2D eigenvalue weighted by molar-refractivity contribution is 6.08. The summed E-state index contributed by atoms with van der Waals surface area (Å²) in [5, 5.41) is 22.2. The van der Waals surface area contributed by atoms with Crippen LogP contribution >= 0.6 is 0 Å². The number of Topliss-reactive ketones (excluding diaryl/α,β-unsaturated/α-hetero) is 1. The number of amides is 1. The lowest BCUT2D eigenvalue weighted by atomic mass is 9.95. The molecule has 12 heteroatoms. The second-order valence-corrected chi connectivity index (χ2v) is 7.81. The fourth-order valence-corrected chi connectivity index (χ4v) is 3.99. The van der Waals surface area contributed by atoms with Crippen molar-refractivity contribution in [2.24, 2.45) is 0 Å². The zero-order valence-corrected chi connectivity index (χ0v) is 18.5. The minimum absolute atomic E-state index is 0.0247. The van der Waals surface area contributed by atoms with Gasteiger partial charge in [0.1, 0.15) is 23.5 Å². The zero-order valence-electron chi connectivity index (χ0n) is 18.5. The van der Waals surface area contributed by atoms with E-state index in [1.165, 1.54) is 41.4 Å². The Morgan fingerprint density at radius 3 is 2.67 bits per heavy atom. The summed E-state index contributed by atoms with van der Waals surface area (Å²) in [6.07, 6.45) is -3.45. The van der Waals surface area contributed by atoms with Crippen molar-refractivity contribution in [2.75, 3.05) is 29.9 Å². The number of anilines is 2. The topological polar surface area (TPSA) is 111 Å². The van der Waals surface area contributed by atoms with Gasteiger partial charge in [0.2, 0.25) is 0 Å². The van der Waals surface area contributed by atoms with Crippen molar-refractivity contribution in [3.05, 3.63) is 82.9 Å². The molecule has 0 aliphatic carbocycles. The molecule has 1 fully saturated rings. The number of carbonyl (C=O) groups is 2. The van der Waals surface area contributed by atoms with E-state index < -0.39 is 40.9 Å². The molecule has 1 amide bonds. The molecule has 0 spiro atoms. The zero-order chi connectivity index (χ0) is 25.9. The monoisotopic (exact) mass is 498 g/mol. The number of nitrogens with one attached hydrogen (secondary N) is 2. The highest BCUT2D eigenvalue weighted by Gasteiger charge is 2.39.